The average Bonchev–Trinajstić information content (AvgIpc) is 2.42. The number of aromatic nitrogens is 2. The third-order valence-corrected chi connectivity index (χ3v) is 4.10. The van der Waals surface area contributed by atoms with Gasteiger partial charge in [-0.05, 0) is 41.7 Å². The van der Waals surface area contributed by atoms with Crippen LogP contribution in [-0.2, 0) is 0 Å². The van der Waals surface area contributed by atoms with Gasteiger partial charge in [0.15, 0.2) is 0 Å². The molecule has 0 amide bonds. The zero-order valence-electron chi connectivity index (χ0n) is 10.7. The van der Waals surface area contributed by atoms with Crippen LogP contribution in [0.4, 0.5) is 5.82 Å². The van der Waals surface area contributed by atoms with E-state index in [2.05, 4.69) is 30.8 Å². The third-order valence-electron chi connectivity index (χ3n) is 3.54. The Hall–Kier alpha value is -0.680. The summed E-state index contributed by atoms with van der Waals surface area (Å²) in [5, 5.41) is 0. The molecule has 1 fully saturated rings. The van der Waals surface area contributed by atoms with Crippen molar-refractivity contribution in [3.05, 3.63) is 17.0 Å². The fraction of sp³-hybridized carbons (Fsp3) is 0.692. The third kappa shape index (κ3) is 3.42. The average molecular weight is 313 g/mol. The Bertz CT molecular complexity index is 366. The Balaban J connectivity index is 2.15. The summed E-state index contributed by atoms with van der Waals surface area (Å²) in [5.41, 5.74) is 5.65. The van der Waals surface area contributed by atoms with Crippen molar-refractivity contribution in [1.82, 2.24) is 9.97 Å². The molecular formula is C13H21BrN4. The maximum Gasteiger partial charge on any atom is 0.146 e. The van der Waals surface area contributed by atoms with E-state index in [-0.39, 0.29) is 0 Å². The molecule has 2 N–H and O–H groups in total. The van der Waals surface area contributed by atoms with Gasteiger partial charge in [-0.2, -0.15) is 0 Å². The summed E-state index contributed by atoms with van der Waals surface area (Å²) in [7, 11) is 0. The number of anilines is 1. The monoisotopic (exact) mass is 312 g/mol. The summed E-state index contributed by atoms with van der Waals surface area (Å²) >= 11 is 3.56. The van der Waals surface area contributed by atoms with Crippen molar-refractivity contribution >= 4 is 21.7 Å². The first-order valence-corrected chi connectivity index (χ1v) is 7.54. The van der Waals surface area contributed by atoms with E-state index >= 15 is 0 Å². The second-order valence-electron chi connectivity index (χ2n) is 4.82. The van der Waals surface area contributed by atoms with E-state index in [4.69, 9.17) is 5.73 Å². The number of nitrogens with two attached hydrogens (primary N) is 1. The van der Waals surface area contributed by atoms with E-state index in [0.717, 1.165) is 29.8 Å². The lowest BCUT2D eigenvalue weighted by Gasteiger charge is -2.35. The number of halogens is 1. The van der Waals surface area contributed by atoms with E-state index in [9.17, 15) is 0 Å². The van der Waals surface area contributed by atoms with Crippen LogP contribution in [0.3, 0.4) is 0 Å². The quantitative estimate of drug-likeness (QED) is 0.908. The molecule has 1 saturated carbocycles. The van der Waals surface area contributed by atoms with Crippen molar-refractivity contribution in [3.8, 4) is 0 Å². The molecule has 1 heterocycles. The van der Waals surface area contributed by atoms with Crippen molar-refractivity contribution in [2.75, 3.05) is 18.0 Å². The Kier molecular flexibility index (Phi) is 5.38. The lowest BCUT2D eigenvalue weighted by molar-refractivity contribution is 0.410. The number of hydrogen-bond donors (Lipinski definition) is 1. The molecule has 1 aromatic heterocycles. The molecule has 0 bridgehead atoms. The van der Waals surface area contributed by atoms with Gasteiger partial charge in [0.2, 0.25) is 0 Å². The SMILES string of the molecule is NCCCN(c1ncncc1Br)C1CCCCC1. The Morgan fingerprint density at radius 2 is 2.11 bits per heavy atom. The molecule has 2 rings (SSSR count). The van der Waals surface area contributed by atoms with Gasteiger partial charge in [-0.15, -0.1) is 0 Å². The first-order valence-electron chi connectivity index (χ1n) is 6.75. The molecule has 4 nitrogen and oxygen atoms in total. The summed E-state index contributed by atoms with van der Waals surface area (Å²) < 4.78 is 0.979. The minimum Gasteiger partial charge on any atom is -0.353 e. The smallest absolute Gasteiger partial charge is 0.146 e. The maximum absolute atomic E-state index is 5.65. The predicted octanol–water partition coefficient (Wildman–Crippen LogP) is 2.73. The van der Waals surface area contributed by atoms with Crippen molar-refractivity contribution in [3.63, 3.8) is 0 Å². The van der Waals surface area contributed by atoms with Gasteiger partial charge in [-0.3, -0.25) is 0 Å². The lowest BCUT2D eigenvalue weighted by atomic mass is 9.94. The highest BCUT2D eigenvalue weighted by molar-refractivity contribution is 9.10. The fourth-order valence-electron chi connectivity index (χ4n) is 2.63. The summed E-state index contributed by atoms with van der Waals surface area (Å²) in [4.78, 5) is 10.9. The van der Waals surface area contributed by atoms with E-state index in [1.54, 1.807) is 6.33 Å². The van der Waals surface area contributed by atoms with Gasteiger partial charge < -0.3 is 10.6 Å². The summed E-state index contributed by atoms with van der Waals surface area (Å²) in [5.74, 6) is 1.02. The van der Waals surface area contributed by atoms with Crippen molar-refractivity contribution in [1.29, 1.82) is 0 Å². The first-order chi connectivity index (χ1) is 8.83. The van der Waals surface area contributed by atoms with Crippen LogP contribution in [0, 0.1) is 0 Å². The molecule has 5 heteroatoms. The fourth-order valence-corrected chi connectivity index (χ4v) is 3.08. The van der Waals surface area contributed by atoms with Crippen LogP contribution in [0.5, 0.6) is 0 Å². The number of nitrogens with zero attached hydrogens (tertiary/aromatic N) is 3. The number of hydrogen-bond acceptors (Lipinski definition) is 4. The van der Waals surface area contributed by atoms with Gasteiger partial charge in [0, 0.05) is 18.8 Å². The molecule has 1 aliphatic carbocycles. The normalized spacial score (nSPS) is 16.8. The predicted molar refractivity (Wildman–Crippen MR) is 77.6 cm³/mol. The van der Waals surface area contributed by atoms with Crippen LogP contribution in [0.15, 0.2) is 17.0 Å². The zero-order chi connectivity index (χ0) is 12.8. The minimum absolute atomic E-state index is 0.608. The van der Waals surface area contributed by atoms with Gasteiger partial charge in [-0.1, -0.05) is 19.3 Å². The second kappa shape index (κ2) is 7.04. The van der Waals surface area contributed by atoms with Gasteiger partial charge in [0.25, 0.3) is 0 Å². The van der Waals surface area contributed by atoms with E-state index in [1.807, 2.05) is 6.20 Å². The standard InChI is InChI=1S/C13H21BrN4/c14-12-9-16-10-17-13(12)18(8-4-7-15)11-5-2-1-3-6-11/h9-11H,1-8,15H2. The topological polar surface area (TPSA) is 55.0 Å². The van der Waals surface area contributed by atoms with Crippen LogP contribution < -0.4 is 10.6 Å². The van der Waals surface area contributed by atoms with Gasteiger partial charge in [-0.25, -0.2) is 9.97 Å². The van der Waals surface area contributed by atoms with Crippen LogP contribution in [0.2, 0.25) is 0 Å². The summed E-state index contributed by atoms with van der Waals surface area (Å²) in [6.45, 7) is 1.71. The van der Waals surface area contributed by atoms with E-state index in [1.165, 1.54) is 32.1 Å². The Labute approximate surface area is 117 Å². The molecule has 0 aliphatic heterocycles. The molecule has 0 aromatic carbocycles. The summed E-state index contributed by atoms with van der Waals surface area (Å²) in [6, 6.07) is 0.608. The lowest BCUT2D eigenvalue weighted by Crippen LogP contribution is -2.39. The van der Waals surface area contributed by atoms with Crippen molar-refractivity contribution in [2.45, 2.75) is 44.6 Å². The van der Waals surface area contributed by atoms with Crippen LogP contribution >= 0.6 is 15.9 Å². The van der Waals surface area contributed by atoms with Gasteiger partial charge >= 0.3 is 0 Å². The highest BCUT2D eigenvalue weighted by Crippen LogP contribution is 2.30. The molecule has 18 heavy (non-hydrogen) atoms. The molecule has 0 unspecified atom stereocenters. The van der Waals surface area contributed by atoms with Crippen LogP contribution in [0.25, 0.3) is 0 Å². The molecule has 0 spiro atoms. The Morgan fingerprint density at radius 1 is 1.33 bits per heavy atom. The Morgan fingerprint density at radius 3 is 2.78 bits per heavy atom. The molecule has 1 aromatic rings. The highest BCUT2D eigenvalue weighted by Gasteiger charge is 2.23. The molecule has 1 aliphatic rings. The van der Waals surface area contributed by atoms with Gasteiger partial charge in [0.05, 0.1) is 4.47 Å². The zero-order valence-corrected chi connectivity index (χ0v) is 12.3. The highest BCUT2D eigenvalue weighted by atomic mass is 79.9. The van der Waals surface area contributed by atoms with Crippen LogP contribution in [0.1, 0.15) is 38.5 Å². The van der Waals surface area contributed by atoms with Crippen molar-refractivity contribution in [2.24, 2.45) is 5.73 Å². The first kappa shape index (κ1) is 13.7. The molecule has 100 valence electrons. The van der Waals surface area contributed by atoms with E-state index < -0.39 is 0 Å². The maximum atomic E-state index is 5.65. The molecule has 0 saturated heterocycles. The van der Waals surface area contributed by atoms with Crippen molar-refractivity contribution < 1.29 is 0 Å². The summed E-state index contributed by atoms with van der Waals surface area (Å²) in [6.07, 6.45) is 11.0. The van der Waals surface area contributed by atoms with Crippen LogP contribution in [-0.4, -0.2) is 29.1 Å². The largest absolute Gasteiger partial charge is 0.353 e. The number of rotatable bonds is 5. The molecule has 0 atom stereocenters. The molecule has 0 radical (unpaired) electrons. The second-order valence-corrected chi connectivity index (χ2v) is 5.68. The minimum atomic E-state index is 0.608. The van der Waals surface area contributed by atoms with E-state index in [0.29, 0.717) is 6.04 Å². The van der Waals surface area contributed by atoms with Gasteiger partial charge in [0.1, 0.15) is 12.1 Å². The molecular weight excluding hydrogens is 292 g/mol.